The fraction of sp³-hybridized carbons (Fsp3) is 0.458. The minimum absolute atomic E-state index is 0.0432. The van der Waals surface area contributed by atoms with E-state index in [-0.39, 0.29) is 24.7 Å². The van der Waals surface area contributed by atoms with Gasteiger partial charge in [-0.2, -0.15) is 0 Å². The largest absolute Gasteiger partial charge is 0.493 e. The van der Waals surface area contributed by atoms with Crippen LogP contribution >= 0.6 is 0 Å². The number of nitrogens with zero attached hydrogens (tertiary/aromatic N) is 1. The van der Waals surface area contributed by atoms with Crippen molar-refractivity contribution in [1.82, 2.24) is 4.98 Å². The molecule has 0 spiro atoms. The highest BCUT2D eigenvalue weighted by Gasteiger charge is 2.17. The van der Waals surface area contributed by atoms with Crippen molar-refractivity contribution in [3.63, 3.8) is 0 Å². The van der Waals surface area contributed by atoms with Crippen molar-refractivity contribution in [3.05, 3.63) is 47.8 Å². The number of esters is 1. The lowest BCUT2D eigenvalue weighted by Gasteiger charge is -2.19. The van der Waals surface area contributed by atoms with Crippen molar-refractivity contribution in [3.8, 4) is 11.5 Å². The molecule has 1 aromatic carbocycles. The molecule has 0 fully saturated rings. The molecule has 0 saturated carbocycles. The maximum Gasteiger partial charge on any atom is 0.306 e. The zero-order valence-corrected chi connectivity index (χ0v) is 19.0. The molecule has 1 aromatic heterocycles. The van der Waals surface area contributed by atoms with Gasteiger partial charge in [0.25, 0.3) is 0 Å². The maximum atomic E-state index is 12.1. The van der Waals surface area contributed by atoms with Crippen LogP contribution in [0.3, 0.4) is 0 Å². The molecule has 7 heteroatoms. The molecule has 2 rings (SSSR count). The normalized spacial score (nSPS) is 11.0. The molecule has 1 amide bonds. The summed E-state index contributed by atoms with van der Waals surface area (Å²) >= 11 is 0. The Balaban J connectivity index is 1.82. The van der Waals surface area contributed by atoms with Crippen LogP contribution in [0.15, 0.2) is 36.7 Å². The van der Waals surface area contributed by atoms with Crippen molar-refractivity contribution >= 4 is 17.6 Å². The average molecular weight is 429 g/mol. The van der Waals surface area contributed by atoms with E-state index in [1.54, 1.807) is 47.4 Å². The van der Waals surface area contributed by atoms with Crippen LogP contribution in [-0.4, -0.2) is 36.7 Å². The van der Waals surface area contributed by atoms with E-state index >= 15 is 0 Å². The number of anilines is 1. The first kappa shape index (κ1) is 24.2. The SMILES string of the molecule is COc1ccc(CCCc2cncc(NC(=O)CCC(=O)OC(C)(C)C)c2)cc1OC. The number of benzene rings is 1. The quantitative estimate of drug-likeness (QED) is 0.567. The molecule has 31 heavy (non-hydrogen) atoms. The molecule has 7 nitrogen and oxygen atoms in total. The third kappa shape index (κ3) is 8.66. The summed E-state index contributed by atoms with van der Waals surface area (Å²) < 4.78 is 15.8. The lowest BCUT2D eigenvalue weighted by molar-refractivity contribution is -0.155. The molecule has 0 atom stereocenters. The van der Waals surface area contributed by atoms with Gasteiger partial charge in [0.2, 0.25) is 5.91 Å². The summed E-state index contributed by atoms with van der Waals surface area (Å²) in [6.07, 6.45) is 6.14. The zero-order chi connectivity index (χ0) is 22.9. The van der Waals surface area contributed by atoms with Crippen LogP contribution < -0.4 is 14.8 Å². The summed E-state index contributed by atoms with van der Waals surface area (Å²) in [5.41, 5.74) is 2.27. The van der Waals surface area contributed by atoms with Crippen molar-refractivity contribution in [2.24, 2.45) is 0 Å². The third-order valence-corrected chi connectivity index (χ3v) is 4.43. The Morgan fingerprint density at radius 3 is 2.32 bits per heavy atom. The van der Waals surface area contributed by atoms with Crippen LogP contribution in [0.2, 0.25) is 0 Å². The summed E-state index contributed by atoms with van der Waals surface area (Å²) in [4.78, 5) is 28.1. The highest BCUT2D eigenvalue weighted by Crippen LogP contribution is 2.28. The van der Waals surface area contributed by atoms with E-state index < -0.39 is 5.60 Å². The van der Waals surface area contributed by atoms with Crippen molar-refractivity contribution < 1.29 is 23.8 Å². The summed E-state index contributed by atoms with van der Waals surface area (Å²) in [6.45, 7) is 5.40. The molecule has 0 aliphatic carbocycles. The molecule has 0 bridgehead atoms. The standard InChI is InChI=1S/C24H32N2O5/c1-24(2,3)31-23(28)12-11-22(27)26-19-13-18(15-25-16-19)8-6-7-17-9-10-20(29-4)21(14-17)30-5/h9-10,13-16H,6-8,11-12H2,1-5H3,(H,26,27). The van der Waals surface area contributed by atoms with E-state index in [1.165, 1.54) is 0 Å². The molecule has 0 aliphatic rings. The van der Waals surface area contributed by atoms with Gasteiger partial charge in [-0.25, -0.2) is 0 Å². The van der Waals surface area contributed by atoms with Gasteiger partial charge >= 0.3 is 5.97 Å². The van der Waals surface area contributed by atoms with E-state index in [1.807, 2.05) is 24.3 Å². The van der Waals surface area contributed by atoms with E-state index in [9.17, 15) is 9.59 Å². The van der Waals surface area contributed by atoms with E-state index in [0.29, 0.717) is 11.4 Å². The predicted octanol–water partition coefficient (Wildman–Crippen LogP) is 4.33. The number of nitrogens with one attached hydrogen (secondary N) is 1. The Labute approximate surface area is 184 Å². The van der Waals surface area contributed by atoms with Crippen LogP contribution in [0.1, 0.15) is 51.2 Å². The molecular weight excluding hydrogens is 396 g/mol. The van der Waals surface area contributed by atoms with Crippen molar-refractivity contribution in [2.45, 2.75) is 58.5 Å². The van der Waals surface area contributed by atoms with Gasteiger partial charge in [-0.05, 0) is 69.4 Å². The van der Waals surface area contributed by atoms with Gasteiger partial charge in [0.1, 0.15) is 5.60 Å². The van der Waals surface area contributed by atoms with Crippen LogP contribution in [0.4, 0.5) is 5.69 Å². The van der Waals surface area contributed by atoms with E-state index in [4.69, 9.17) is 14.2 Å². The number of aromatic nitrogens is 1. The number of hydrogen-bond acceptors (Lipinski definition) is 6. The summed E-state index contributed by atoms with van der Waals surface area (Å²) in [7, 11) is 3.24. The Kier molecular flexibility index (Phi) is 8.85. The Bertz CT molecular complexity index is 890. The molecule has 1 heterocycles. The first-order chi connectivity index (χ1) is 14.7. The first-order valence-electron chi connectivity index (χ1n) is 10.4. The van der Waals surface area contributed by atoms with Crippen LogP contribution in [0, 0.1) is 0 Å². The second kappa shape index (κ2) is 11.3. The Morgan fingerprint density at radius 1 is 0.935 bits per heavy atom. The average Bonchev–Trinajstić information content (AvgIpc) is 2.71. The van der Waals surface area contributed by atoms with Gasteiger partial charge in [-0.15, -0.1) is 0 Å². The summed E-state index contributed by atoms with van der Waals surface area (Å²) in [5, 5.41) is 2.80. The monoisotopic (exact) mass is 428 g/mol. The van der Waals surface area contributed by atoms with Gasteiger partial charge in [0.15, 0.2) is 11.5 Å². The molecule has 168 valence electrons. The van der Waals surface area contributed by atoms with Crippen LogP contribution in [-0.2, 0) is 27.2 Å². The van der Waals surface area contributed by atoms with Crippen molar-refractivity contribution in [2.75, 3.05) is 19.5 Å². The number of methoxy groups -OCH3 is 2. The van der Waals surface area contributed by atoms with Gasteiger partial charge in [-0.3, -0.25) is 14.6 Å². The smallest absolute Gasteiger partial charge is 0.306 e. The van der Waals surface area contributed by atoms with Crippen molar-refractivity contribution in [1.29, 1.82) is 0 Å². The second-order valence-corrected chi connectivity index (χ2v) is 8.26. The zero-order valence-electron chi connectivity index (χ0n) is 19.0. The number of carbonyl (C=O) groups is 2. The molecule has 0 aliphatic heterocycles. The number of amides is 1. The minimum atomic E-state index is -0.553. The molecule has 0 unspecified atom stereocenters. The van der Waals surface area contributed by atoms with Gasteiger partial charge in [0.05, 0.1) is 32.5 Å². The number of ether oxygens (including phenoxy) is 3. The van der Waals surface area contributed by atoms with Gasteiger partial charge in [0, 0.05) is 12.6 Å². The third-order valence-electron chi connectivity index (χ3n) is 4.43. The number of pyridine rings is 1. The number of rotatable bonds is 10. The molecule has 0 radical (unpaired) electrons. The van der Waals surface area contributed by atoms with E-state index in [2.05, 4.69) is 10.3 Å². The predicted molar refractivity (Wildman–Crippen MR) is 120 cm³/mol. The van der Waals surface area contributed by atoms with Crippen LogP contribution in [0.25, 0.3) is 0 Å². The number of hydrogen-bond donors (Lipinski definition) is 1. The fourth-order valence-electron chi connectivity index (χ4n) is 3.06. The van der Waals surface area contributed by atoms with E-state index in [0.717, 1.165) is 36.1 Å². The highest BCUT2D eigenvalue weighted by molar-refractivity contribution is 5.92. The minimum Gasteiger partial charge on any atom is -0.493 e. The lowest BCUT2D eigenvalue weighted by Crippen LogP contribution is -2.24. The summed E-state index contributed by atoms with van der Waals surface area (Å²) in [5.74, 6) is 0.808. The lowest BCUT2D eigenvalue weighted by atomic mass is 10.0. The van der Waals surface area contributed by atoms with Gasteiger partial charge < -0.3 is 19.5 Å². The molecule has 1 N–H and O–H groups in total. The highest BCUT2D eigenvalue weighted by atomic mass is 16.6. The molecule has 0 saturated heterocycles. The van der Waals surface area contributed by atoms with Gasteiger partial charge in [-0.1, -0.05) is 6.07 Å². The van der Waals surface area contributed by atoms with Crippen LogP contribution in [0.5, 0.6) is 11.5 Å². The maximum absolute atomic E-state index is 12.1. The Morgan fingerprint density at radius 2 is 1.65 bits per heavy atom. The molecular formula is C24H32N2O5. The number of aryl methyl sites for hydroxylation is 2. The Hall–Kier alpha value is -3.09. The fourth-order valence-corrected chi connectivity index (χ4v) is 3.06. The molecule has 2 aromatic rings. The second-order valence-electron chi connectivity index (χ2n) is 8.26. The number of carbonyl (C=O) groups excluding carboxylic acids is 2. The topological polar surface area (TPSA) is 86.8 Å². The summed E-state index contributed by atoms with van der Waals surface area (Å²) in [6, 6.07) is 7.83. The first-order valence-corrected chi connectivity index (χ1v) is 10.4.